The highest BCUT2D eigenvalue weighted by Gasteiger charge is 2.00. The fourth-order valence-corrected chi connectivity index (χ4v) is 2.47. The normalized spacial score (nSPS) is 10.5. The van der Waals surface area contributed by atoms with E-state index in [1.165, 1.54) is 9.13 Å². The van der Waals surface area contributed by atoms with Gasteiger partial charge in [0.2, 0.25) is 0 Å². The van der Waals surface area contributed by atoms with Crippen LogP contribution in [0.15, 0.2) is 41.8 Å². The lowest BCUT2D eigenvalue weighted by molar-refractivity contribution is 0.790. The van der Waals surface area contributed by atoms with Gasteiger partial charge in [0.25, 0.3) is 0 Å². The van der Waals surface area contributed by atoms with Crippen LogP contribution in [0.4, 0.5) is 0 Å². The Morgan fingerprint density at radius 2 is 2.07 bits per heavy atom. The summed E-state index contributed by atoms with van der Waals surface area (Å²) in [5.74, 6) is 0.974. The van der Waals surface area contributed by atoms with E-state index in [-0.39, 0.29) is 0 Å². The molecule has 2 aromatic rings. The third-order valence-electron chi connectivity index (χ3n) is 2.06. The summed E-state index contributed by atoms with van der Waals surface area (Å²) in [5.41, 5.74) is 1.34. The van der Waals surface area contributed by atoms with Crippen molar-refractivity contribution in [1.82, 2.24) is 9.55 Å². The zero-order valence-corrected chi connectivity index (χ0v) is 11.3. The standard InChI is InChI=1S/C11H11IN2S/c1-14-7-6-13-11(14)15-8-9-2-4-10(12)5-3-9/h2-7H,8H2,1H3. The number of nitrogens with zero attached hydrogens (tertiary/aromatic N) is 2. The highest BCUT2D eigenvalue weighted by molar-refractivity contribution is 14.1. The molecule has 2 nitrogen and oxygen atoms in total. The summed E-state index contributed by atoms with van der Waals surface area (Å²) in [5, 5.41) is 1.06. The van der Waals surface area contributed by atoms with Gasteiger partial charge in [-0.3, -0.25) is 0 Å². The number of hydrogen-bond donors (Lipinski definition) is 0. The fourth-order valence-electron chi connectivity index (χ4n) is 1.22. The number of imidazole rings is 1. The minimum atomic E-state index is 0.974. The van der Waals surface area contributed by atoms with Crippen LogP contribution in [-0.4, -0.2) is 9.55 Å². The molecular weight excluding hydrogens is 319 g/mol. The second kappa shape index (κ2) is 5.03. The molecule has 1 aromatic carbocycles. The molecule has 0 bridgehead atoms. The molecule has 4 heteroatoms. The number of hydrogen-bond acceptors (Lipinski definition) is 2. The molecule has 0 aliphatic heterocycles. The summed E-state index contributed by atoms with van der Waals surface area (Å²) in [6.07, 6.45) is 3.80. The molecule has 0 saturated carbocycles. The number of aryl methyl sites for hydroxylation is 1. The third kappa shape index (κ3) is 2.98. The Bertz CT molecular complexity index is 436. The van der Waals surface area contributed by atoms with Crippen molar-refractivity contribution in [2.75, 3.05) is 0 Å². The second-order valence-corrected chi connectivity index (χ2v) is 5.42. The fraction of sp³-hybridized carbons (Fsp3) is 0.182. The predicted octanol–water partition coefficient (Wildman–Crippen LogP) is 3.32. The minimum Gasteiger partial charge on any atom is -0.329 e. The van der Waals surface area contributed by atoms with Crippen LogP contribution in [0.1, 0.15) is 5.56 Å². The first-order chi connectivity index (χ1) is 7.25. The number of thioether (sulfide) groups is 1. The molecule has 0 aliphatic carbocycles. The summed E-state index contributed by atoms with van der Waals surface area (Å²) in [7, 11) is 2.02. The van der Waals surface area contributed by atoms with Gasteiger partial charge in [0.05, 0.1) is 0 Å². The quantitative estimate of drug-likeness (QED) is 0.635. The zero-order valence-electron chi connectivity index (χ0n) is 8.35. The van der Waals surface area contributed by atoms with Crippen LogP contribution in [0.5, 0.6) is 0 Å². The molecule has 0 atom stereocenters. The Labute approximate surface area is 107 Å². The van der Waals surface area contributed by atoms with E-state index < -0.39 is 0 Å². The molecule has 0 amide bonds. The molecule has 15 heavy (non-hydrogen) atoms. The van der Waals surface area contributed by atoms with Gasteiger partial charge in [-0.15, -0.1) is 0 Å². The van der Waals surface area contributed by atoms with E-state index in [1.807, 2.05) is 24.0 Å². The topological polar surface area (TPSA) is 17.8 Å². The summed E-state index contributed by atoms with van der Waals surface area (Å²) in [6, 6.07) is 8.60. The molecule has 0 spiro atoms. The summed E-state index contributed by atoms with van der Waals surface area (Å²) in [6.45, 7) is 0. The van der Waals surface area contributed by atoms with Crippen molar-refractivity contribution in [1.29, 1.82) is 0 Å². The van der Waals surface area contributed by atoms with Crippen molar-refractivity contribution in [3.8, 4) is 0 Å². The van der Waals surface area contributed by atoms with E-state index in [0.717, 1.165) is 10.9 Å². The lowest BCUT2D eigenvalue weighted by atomic mass is 10.2. The van der Waals surface area contributed by atoms with Crippen LogP contribution in [0.3, 0.4) is 0 Å². The van der Waals surface area contributed by atoms with Gasteiger partial charge in [0, 0.05) is 28.8 Å². The molecule has 0 unspecified atom stereocenters. The van der Waals surface area contributed by atoms with E-state index in [9.17, 15) is 0 Å². The van der Waals surface area contributed by atoms with Crippen LogP contribution in [-0.2, 0) is 12.8 Å². The maximum absolute atomic E-state index is 4.27. The smallest absolute Gasteiger partial charge is 0.167 e. The first-order valence-corrected chi connectivity index (χ1v) is 6.67. The molecule has 1 heterocycles. The Morgan fingerprint density at radius 1 is 1.33 bits per heavy atom. The lowest BCUT2D eigenvalue weighted by Crippen LogP contribution is -1.89. The first kappa shape index (κ1) is 11.0. The predicted molar refractivity (Wildman–Crippen MR) is 71.9 cm³/mol. The van der Waals surface area contributed by atoms with E-state index in [0.29, 0.717) is 0 Å². The van der Waals surface area contributed by atoms with Gasteiger partial charge in [0.15, 0.2) is 5.16 Å². The Morgan fingerprint density at radius 3 is 2.67 bits per heavy atom. The molecule has 0 N–H and O–H groups in total. The Hall–Kier alpha value is -0.490. The Balaban J connectivity index is 1.99. The summed E-state index contributed by atoms with van der Waals surface area (Å²) in [4.78, 5) is 4.27. The highest BCUT2D eigenvalue weighted by Crippen LogP contribution is 2.20. The first-order valence-electron chi connectivity index (χ1n) is 4.60. The third-order valence-corrected chi connectivity index (χ3v) is 3.91. The van der Waals surface area contributed by atoms with Gasteiger partial charge in [-0.1, -0.05) is 23.9 Å². The van der Waals surface area contributed by atoms with E-state index >= 15 is 0 Å². The molecule has 0 radical (unpaired) electrons. The molecule has 2 rings (SSSR count). The van der Waals surface area contributed by atoms with Gasteiger partial charge < -0.3 is 4.57 Å². The van der Waals surface area contributed by atoms with Gasteiger partial charge in [-0.05, 0) is 40.3 Å². The number of halogens is 1. The lowest BCUT2D eigenvalue weighted by Gasteiger charge is -2.01. The maximum Gasteiger partial charge on any atom is 0.167 e. The minimum absolute atomic E-state index is 0.974. The van der Waals surface area contributed by atoms with Crippen molar-refractivity contribution in [2.45, 2.75) is 10.9 Å². The molecular formula is C11H11IN2S. The number of benzene rings is 1. The molecule has 0 saturated heterocycles. The van der Waals surface area contributed by atoms with Crippen molar-refractivity contribution in [3.63, 3.8) is 0 Å². The molecule has 0 aliphatic rings. The van der Waals surface area contributed by atoms with Gasteiger partial charge in [-0.25, -0.2) is 4.98 Å². The molecule has 1 aromatic heterocycles. The van der Waals surface area contributed by atoms with Crippen LogP contribution in [0.2, 0.25) is 0 Å². The summed E-state index contributed by atoms with van der Waals surface area (Å²) < 4.78 is 3.32. The van der Waals surface area contributed by atoms with Crippen LogP contribution < -0.4 is 0 Å². The largest absolute Gasteiger partial charge is 0.329 e. The number of rotatable bonds is 3. The van der Waals surface area contributed by atoms with Crippen LogP contribution >= 0.6 is 34.4 Å². The maximum atomic E-state index is 4.27. The van der Waals surface area contributed by atoms with Gasteiger partial charge in [-0.2, -0.15) is 0 Å². The molecule has 0 fully saturated rings. The average Bonchev–Trinajstić information content (AvgIpc) is 2.63. The van der Waals surface area contributed by atoms with Gasteiger partial charge >= 0.3 is 0 Å². The average molecular weight is 330 g/mol. The zero-order chi connectivity index (χ0) is 10.7. The van der Waals surface area contributed by atoms with Crippen LogP contribution in [0, 0.1) is 3.57 Å². The molecule has 78 valence electrons. The van der Waals surface area contributed by atoms with Gasteiger partial charge in [0.1, 0.15) is 0 Å². The van der Waals surface area contributed by atoms with E-state index in [1.54, 1.807) is 11.8 Å². The van der Waals surface area contributed by atoms with E-state index in [4.69, 9.17) is 0 Å². The second-order valence-electron chi connectivity index (χ2n) is 3.24. The van der Waals surface area contributed by atoms with Crippen molar-refractivity contribution < 1.29 is 0 Å². The van der Waals surface area contributed by atoms with Crippen molar-refractivity contribution in [2.24, 2.45) is 7.05 Å². The van der Waals surface area contributed by atoms with Crippen molar-refractivity contribution in [3.05, 3.63) is 45.8 Å². The monoisotopic (exact) mass is 330 g/mol. The van der Waals surface area contributed by atoms with Crippen LogP contribution in [0.25, 0.3) is 0 Å². The van der Waals surface area contributed by atoms with Crippen molar-refractivity contribution >= 4 is 34.4 Å². The highest BCUT2D eigenvalue weighted by atomic mass is 127. The van der Waals surface area contributed by atoms with E-state index in [2.05, 4.69) is 51.8 Å². The number of aromatic nitrogens is 2. The Kier molecular flexibility index (Phi) is 3.69. The summed E-state index contributed by atoms with van der Waals surface area (Å²) >= 11 is 4.08. The SMILES string of the molecule is Cn1ccnc1SCc1ccc(I)cc1.